The molecule has 1 aliphatic carbocycles. The number of carbonyl (C=O) groups is 4. The Morgan fingerprint density at radius 2 is 1.56 bits per heavy atom. The maximum absolute atomic E-state index is 14.2. The SMILES string of the molecule is CC(C)(C)OC(=O)N1CCC[C@@H](OC(=O)N2CC[C@H](N(c3cc(C(C)(C)C)sc3C(=O)O)C(=O)[C@H]3CC[C@H](C)CC3)C2)C1. The van der Waals surface area contributed by atoms with Crippen molar-refractivity contribution in [3.8, 4) is 0 Å². The Hall–Kier alpha value is -2.82. The van der Waals surface area contributed by atoms with Gasteiger partial charge in [0.15, 0.2) is 0 Å². The van der Waals surface area contributed by atoms with Gasteiger partial charge in [0.2, 0.25) is 5.91 Å². The second-order valence-electron chi connectivity index (χ2n) is 14.5. The summed E-state index contributed by atoms with van der Waals surface area (Å²) in [5, 5.41) is 10.2. The molecule has 0 bridgehead atoms. The zero-order valence-corrected chi connectivity index (χ0v) is 27.6. The Labute approximate surface area is 259 Å². The van der Waals surface area contributed by atoms with Crippen molar-refractivity contribution in [2.24, 2.45) is 11.8 Å². The van der Waals surface area contributed by atoms with Crippen molar-refractivity contribution in [2.45, 2.75) is 117 Å². The number of carboxylic acids is 1. The summed E-state index contributed by atoms with van der Waals surface area (Å²) < 4.78 is 11.4. The van der Waals surface area contributed by atoms with Gasteiger partial charge in [0.1, 0.15) is 16.6 Å². The van der Waals surface area contributed by atoms with Crippen molar-refractivity contribution in [3.63, 3.8) is 0 Å². The topological polar surface area (TPSA) is 117 Å². The molecule has 0 aromatic carbocycles. The smallest absolute Gasteiger partial charge is 0.410 e. The van der Waals surface area contributed by atoms with Gasteiger partial charge >= 0.3 is 18.2 Å². The van der Waals surface area contributed by atoms with Crippen LogP contribution >= 0.6 is 11.3 Å². The first kappa shape index (κ1) is 33.1. The lowest BCUT2D eigenvalue weighted by atomic mass is 9.82. The maximum Gasteiger partial charge on any atom is 0.410 e. The molecule has 3 aliphatic rings. The molecule has 0 spiro atoms. The first-order chi connectivity index (χ1) is 20.0. The largest absolute Gasteiger partial charge is 0.477 e. The van der Waals surface area contributed by atoms with Crippen LogP contribution in [0.15, 0.2) is 6.07 Å². The summed E-state index contributed by atoms with van der Waals surface area (Å²) in [6.07, 6.45) is 4.05. The summed E-state index contributed by atoms with van der Waals surface area (Å²) in [6.45, 7) is 15.2. The number of hydrogen-bond acceptors (Lipinski definition) is 7. The Bertz CT molecular complexity index is 1190. The van der Waals surface area contributed by atoms with Gasteiger partial charge in [-0.25, -0.2) is 14.4 Å². The van der Waals surface area contributed by atoms with E-state index in [1.165, 1.54) is 11.3 Å². The van der Waals surface area contributed by atoms with E-state index in [4.69, 9.17) is 9.47 Å². The van der Waals surface area contributed by atoms with Crippen LogP contribution in [0, 0.1) is 11.8 Å². The molecule has 1 aromatic heterocycles. The Kier molecular flexibility index (Phi) is 10.0. The number of nitrogens with zero attached hydrogens (tertiary/aromatic N) is 3. The molecule has 2 aliphatic heterocycles. The molecule has 3 amide bonds. The molecule has 0 unspecified atom stereocenters. The lowest BCUT2D eigenvalue weighted by Gasteiger charge is -2.35. The lowest BCUT2D eigenvalue weighted by Crippen LogP contribution is -2.48. The molecule has 1 aromatic rings. The van der Waals surface area contributed by atoms with E-state index in [2.05, 4.69) is 6.92 Å². The van der Waals surface area contributed by atoms with E-state index >= 15 is 0 Å². The van der Waals surface area contributed by atoms with Crippen LogP contribution in [0.2, 0.25) is 0 Å². The third-order valence-electron chi connectivity index (χ3n) is 8.59. The van der Waals surface area contributed by atoms with Crippen LogP contribution in [0.5, 0.6) is 0 Å². The van der Waals surface area contributed by atoms with Gasteiger partial charge < -0.3 is 29.3 Å². The summed E-state index contributed by atoms with van der Waals surface area (Å²) in [5.74, 6) is -0.693. The van der Waals surface area contributed by atoms with E-state index in [0.29, 0.717) is 44.0 Å². The van der Waals surface area contributed by atoms with Gasteiger partial charge in [0, 0.05) is 30.4 Å². The molecule has 3 heterocycles. The van der Waals surface area contributed by atoms with E-state index in [9.17, 15) is 24.3 Å². The molecule has 1 N–H and O–H groups in total. The highest BCUT2D eigenvalue weighted by molar-refractivity contribution is 7.14. The molecule has 2 atom stereocenters. The summed E-state index contributed by atoms with van der Waals surface area (Å²) in [4.78, 5) is 58.4. The van der Waals surface area contributed by atoms with Gasteiger partial charge in [0.05, 0.1) is 18.3 Å². The lowest BCUT2D eigenvalue weighted by molar-refractivity contribution is -0.124. The molecular weight excluding hydrogens is 570 g/mol. The van der Waals surface area contributed by atoms with Gasteiger partial charge in [-0.15, -0.1) is 11.3 Å². The quantitative estimate of drug-likeness (QED) is 0.399. The highest BCUT2D eigenvalue weighted by Gasteiger charge is 2.41. The molecule has 4 rings (SSSR count). The van der Waals surface area contributed by atoms with E-state index in [1.807, 2.05) is 47.6 Å². The van der Waals surface area contributed by atoms with Crippen LogP contribution in [0.4, 0.5) is 15.3 Å². The Balaban J connectivity index is 1.51. The van der Waals surface area contributed by atoms with Gasteiger partial charge in [-0.05, 0) is 83.1 Å². The summed E-state index contributed by atoms with van der Waals surface area (Å²) >= 11 is 1.22. The van der Waals surface area contributed by atoms with E-state index in [1.54, 1.807) is 14.7 Å². The molecule has 10 nitrogen and oxygen atoms in total. The normalized spacial score (nSPS) is 24.9. The highest BCUT2D eigenvalue weighted by atomic mass is 32.1. The third-order valence-corrected chi connectivity index (χ3v) is 10.1. The number of hydrogen-bond donors (Lipinski definition) is 1. The predicted octanol–water partition coefficient (Wildman–Crippen LogP) is 6.51. The molecule has 2 saturated heterocycles. The van der Waals surface area contributed by atoms with E-state index < -0.39 is 29.9 Å². The van der Waals surface area contributed by atoms with Crippen LogP contribution in [0.1, 0.15) is 108 Å². The summed E-state index contributed by atoms with van der Waals surface area (Å²) in [7, 11) is 0. The highest BCUT2D eigenvalue weighted by Crippen LogP contribution is 2.41. The van der Waals surface area contributed by atoms with Crippen molar-refractivity contribution in [1.29, 1.82) is 0 Å². The van der Waals surface area contributed by atoms with Crippen molar-refractivity contribution in [2.75, 3.05) is 31.1 Å². The fraction of sp³-hybridized carbons (Fsp3) is 0.750. The summed E-state index contributed by atoms with van der Waals surface area (Å²) in [6, 6.07) is 1.51. The van der Waals surface area contributed by atoms with Gasteiger partial charge in [-0.3, -0.25) is 4.79 Å². The molecule has 240 valence electrons. The Morgan fingerprint density at radius 3 is 2.16 bits per heavy atom. The summed E-state index contributed by atoms with van der Waals surface area (Å²) in [5.41, 5.74) is -0.450. The zero-order valence-electron chi connectivity index (χ0n) is 26.8. The monoisotopic (exact) mass is 619 g/mol. The molecule has 0 radical (unpaired) electrons. The molecular formula is C32H49N3O7S. The van der Waals surface area contributed by atoms with Crippen LogP contribution < -0.4 is 4.90 Å². The molecule has 43 heavy (non-hydrogen) atoms. The number of anilines is 1. The minimum atomic E-state index is -1.05. The Morgan fingerprint density at radius 1 is 0.907 bits per heavy atom. The van der Waals surface area contributed by atoms with E-state index in [-0.39, 0.29) is 41.2 Å². The first-order valence-corrected chi connectivity index (χ1v) is 16.5. The number of carbonyl (C=O) groups excluding carboxylic acids is 3. The van der Waals surface area contributed by atoms with Gasteiger partial charge in [0.25, 0.3) is 0 Å². The number of aromatic carboxylic acids is 1. The fourth-order valence-corrected chi connectivity index (χ4v) is 7.19. The number of likely N-dealkylation sites (tertiary alicyclic amines) is 2. The van der Waals surface area contributed by atoms with Gasteiger partial charge in [-0.2, -0.15) is 0 Å². The second kappa shape index (κ2) is 13.0. The van der Waals surface area contributed by atoms with Crippen LogP contribution in [-0.2, 0) is 19.7 Å². The predicted molar refractivity (Wildman–Crippen MR) is 166 cm³/mol. The first-order valence-electron chi connectivity index (χ1n) is 15.7. The van der Waals surface area contributed by atoms with Crippen molar-refractivity contribution >= 4 is 41.1 Å². The maximum atomic E-state index is 14.2. The van der Waals surface area contributed by atoms with Crippen molar-refractivity contribution in [1.82, 2.24) is 9.80 Å². The fourth-order valence-electron chi connectivity index (χ4n) is 6.14. The number of amides is 3. The van der Waals surface area contributed by atoms with Crippen LogP contribution in [0.3, 0.4) is 0 Å². The van der Waals surface area contributed by atoms with Gasteiger partial charge in [-0.1, -0.05) is 27.7 Å². The average Bonchev–Trinajstić information content (AvgIpc) is 3.57. The van der Waals surface area contributed by atoms with E-state index in [0.717, 1.165) is 30.6 Å². The number of thiophene rings is 1. The number of rotatable bonds is 5. The third kappa shape index (κ3) is 8.22. The molecule has 3 fully saturated rings. The van der Waals surface area contributed by atoms with Crippen molar-refractivity contribution < 1.29 is 33.8 Å². The minimum Gasteiger partial charge on any atom is -0.477 e. The number of carboxylic acid groups (broad SMARTS) is 1. The van der Waals surface area contributed by atoms with Crippen LogP contribution in [0.25, 0.3) is 0 Å². The molecule has 1 saturated carbocycles. The standard InChI is InChI=1S/C32H49N3O7S/c1-20-10-12-21(13-11-20)27(36)35(24-17-25(31(2,3)4)43-26(24)28(37)38)22-14-16-34(18-22)29(39)41-23-9-8-15-33(19-23)30(40)42-32(5,6)7/h17,20-23H,8-16,18-19H2,1-7H3,(H,37,38)/t20-,21-,22-,23+/m0/s1. The average molecular weight is 620 g/mol. The second-order valence-corrected chi connectivity index (χ2v) is 15.6. The number of ether oxygens (including phenoxy) is 2. The number of piperidine rings is 1. The van der Waals surface area contributed by atoms with Crippen molar-refractivity contribution in [3.05, 3.63) is 15.8 Å². The van der Waals surface area contributed by atoms with Crippen LogP contribution in [-0.4, -0.2) is 82.9 Å². The zero-order chi connectivity index (χ0) is 31.7. The molecule has 11 heteroatoms. The minimum absolute atomic E-state index is 0.0480.